The summed E-state index contributed by atoms with van der Waals surface area (Å²) >= 11 is 1.68. The van der Waals surface area contributed by atoms with Crippen molar-refractivity contribution in [3.8, 4) is 5.75 Å². The number of hydrogen-bond donors (Lipinski definition) is 2. The van der Waals surface area contributed by atoms with Crippen molar-refractivity contribution < 1.29 is 4.74 Å². The van der Waals surface area contributed by atoms with E-state index in [0.29, 0.717) is 13.1 Å². The van der Waals surface area contributed by atoms with Gasteiger partial charge < -0.3 is 15.4 Å². The lowest BCUT2D eigenvalue weighted by Gasteiger charge is -2.14. The maximum absolute atomic E-state index is 5.46. The number of hydrogen-bond acceptors (Lipinski definition) is 4. The number of thiazole rings is 1. The molecule has 1 aromatic heterocycles. The lowest BCUT2D eigenvalue weighted by Crippen LogP contribution is -2.36. The molecule has 2 rings (SSSR count). The van der Waals surface area contributed by atoms with Crippen molar-refractivity contribution >= 4 is 41.3 Å². The SMILES string of the molecule is CCNC(=NCc1ccc(C)cc1OC)NCc1nc(C(C)(C)C)cs1.I. The Hall–Kier alpha value is -1.35. The molecule has 0 fully saturated rings. The van der Waals surface area contributed by atoms with Gasteiger partial charge in [0.2, 0.25) is 0 Å². The van der Waals surface area contributed by atoms with Crippen molar-refractivity contribution in [2.45, 2.75) is 53.1 Å². The first kappa shape index (κ1) is 23.7. The first-order valence-electron chi connectivity index (χ1n) is 8.94. The maximum Gasteiger partial charge on any atom is 0.191 e. The molecule has 0 radical (unpaired) electrons. The molecule has 0 aliphatic carbocycles. The highest BCUT2D eigenvalue weighted by Gasteiger charge is 2.17. The van der Waals surface area contributed by atoms with Crippen molar-refractivity contribution in [2.75, 3.05) is 13.7 Å². The number of nitrogens with one attached hydrogen (secondary N) is 2. The number of methoxy groups -OCH3 is 1. The van der Waals surface area contributed by atoms with Crippen LogP contribution in [0.3, 0.4) is 0 Å². The highest BCUT2D eigenvalue weighted by atomic mass is 127. The minimum atomic E-state index is 0. The highest BCUT2D eigenvalue weighted by molar-refractivity contribution is 14.0. The Morgan fingerprint density at radius 1 is 1.26 bits per heavy atom. The predicted octanol–water partition coefficient (Wildman–Crippen LogP) is 4.63. The molecule has 0 bridgehead atoms. The number of aliphatic imine (C=N–C) groups is 1. The zero-order chi connectivity index (χ0) is 19.2. The molecule has 27 heavy (non-hydrogen) atoms. The van der Waals surface area contributed by atoms with Gasteiger partial charge in [-0.3, -0.25) is 0 Å². The van der Waals surface area contributed by atoms with Gasteiger partial charge in [-0.25, -0.2) is 9.98 Å². The van der Waals surface area contributed by atoms with Crippen LogP contribution >= 0.6 is 35.3 Å². The molecule has 1 aromatic carbocycles. The fourth-order valence-electron chi connectivity index (χ4n) is 2.38. The van der Waals surface area contributed by atoms with Gasteiger partial charge in [-0.15, -0.1) is 35.3 Å². The molecule has 0 saturated carbocycles. The maximum atomic E-state index is 5.46. The van der Waals surface area contributed by atoms with Crippen LogP contribution in [-0.2, 0) is 18.5 Å². The quantitative estimate of drug-likeness (QED) is 0.344. The summed E-state index contributed by atoms with van der Waals surface area (Å²) in [6.07, 6.45) is 0. The Kier molecular flexibility index (Phi) is 9.52. The molecule has 0 atom stereocenters. The van der Waals surface area contributed by atoms with Gasteiger partial charge in [0.05, 0.1) is 25.9 Å². The lowest BCUT2D eigenvalue weighted by molar-refractivity contribution is 0.409. The van der Waals surface area contributed by atoms with Gasteiger partial charge in [0.1, 0.15) is 10.8 Å². The average Bonchev–Trinajstić information content (AvgIpc) is 3.07. The Morgan fingerprint density at radius 2 is 2.00 bits per heavy atom. The normalized spacial score (nSPS) is 11.7. The number of aryl methyl sites for hydroxylation is 1. The summed E-state index contributed by atoms with van der Waals surface area (Å²) in [4.78, 5) is 9.41. The van der Waals surface area contributed by atoms with E-state index in [4.69, 9.17) is 9.72 Å². The molecular weight excluding hydrogens is 471 g/mol. The molecule has 7 heteroatoms. The zero-order valence-corrected chi connectivity index (χ0v) is 20.2. The van der Waals surface area contributed by atoms with E-state index in [1.807, 2.05) is 6.07 Å². The van der Waals surface area contributed by atoms with E-state index in [-0.39, 0.29) is 29.4 Å². The van der Waals surface area contributed by atoms with E-state index in [9.17, 15) is 0 Å². The number of benzene rings is 1. The van der Waals surface area contributed by atoms with Gasteiger partial charge in [-0.2, -0.15) is 0 Å². The molecule has 0 amide bonds. The van der Waals surface area contributed by atoms with Crippen LogP contribution in [0.25, 0.3) is 0 Å². The molecule has 1 heterocycles. The molecule has 5 nitrogen and oxygen atoms in total. The number of halogens is 1. The number of nitrogens with zero attached hydrogens (tertiary/aromatic N) is 2. The second-order valence-electron chi connectivity index (χ2n) is 7.24. The van der Waals surface area contributed by atoms with Crippen molar-refractivity contribution in [1.29, 1.82) is 0 Å². The topological polar surface area (TPSA) is 58.5 Å². The molecule has 150 valence electrons. The third kappa shape index (κ3) is 7.29. The van der Waals surface area contributed by atoms with Crippen molar-refractivity contribution in [3.63, 3.8) is 0 Å². The summed E-state index contributed by atoms with van der Waals surface area (Å²) in [6, 6.07) is 6.18. The molecule has 2 N–H and O–H groups in total. The lowest BCUT2D eigenvalue weighted by atomic mass is 9.93. The monoisotopic (exact) mass is 502 g/mol. The summed E-state index contributed by atoms with van der Waals surface area (Å²) in [5, 5.41) is 9.85. The average molecular weight is 502 g/mol. The van der Waals surface area contributed by atoms with Crippen LogP contribution in [0.1, 0.15) is 49.5 Å². The van der Waals surface area contributed by atoms with Crippen LogP contribution in [0, 0.1) is 6.92 Å². The number of ether oxygens (including phenoxy) is 1. The standard InChI is InChI=1S/C20H30N4OS.HI/c1-7-21-19(22-11-15-9-8-14(2)10-16(15)25-6)23-12-18-24-17(13-26-18)20(3,4)5;/h8-10,13H,7,11-12H2,1-6H3,(H2,21,22,23);1H. The van der Waals surface area contributed by atoms with Gasteiger partial charge >= 0.3 is 0 Å². The van der Waals surface area contributed by atoms with Crippen molar-refractivity contribution in [1.82, 2.24) is 15.6 Å². The third-order valence-electron chi connectivity index (χ3n) is 3.92. The minimum Gasteiger partial charge on any atom is -0.496 e. The summed E-state index contributed by atoms with van der Waals surface area (Å²) in [7, 11) is 1.70. The summed E-state index contributed by atoms with van der Waals surface area (Å²) in [5.74, 6) is 1.65. The van der Waals surface area contributed by atoms with Crippen LogP contribution in [0.15, 0.2) is 28.6 Å². The minimum absolute atomic E-state index is 0. The van der Waals surface area contributed by atoms with E-state index < -0.39 is 0 Å². The number of guanidine groups is 1. The van der Waals surface area contributed by atoms with Crippen molar-refractivity contribution in [3.05, 3.63) is 45.4 Å². The van der Waals surface area contributed by atoms with Crippen LogP contribution in [0.5, 0.6) is 5.75 Å². The van der Waals surface area contributed by atoms with Gasteiger partial charge in [0.15, 0.2) is 5.96 Å². The van der Waals surface area contributed by atoms with Gasteiger partial charge in [0.25, 0.3) is 0 Å². The van der Waals surface area contributed by atoms with Crippen LogP contribution < -0.4 is 15.4 Å². The first-order valence-corrected chi connectivity index (χ1v) is 9.82. The summed E-state index contributed by atoms with van der Waals surface area (Å²) < 4.78 is 5.46. The second-order valence-corrected chi connectivity index (χ2v) is 8.18. The molecule has 2 aromatic rings. The first-order chi connectivity index (χ1) is 12.3. The largest absolute Gasteiger partial charge is 0.496 e. The van der Waals surface area contributed by atoms with Gasteiger partial charge in [0, 0.05) is 22.9 Å². The van der Waals surface area contributed by atoms with Crippen molar-refractivity contribution in [2.24, 2.45) is 4.99 Å². The summed E-state index contributed by atoms with van der Waals surface area (Å²) in [6.45, 7) is 12.7. The van der Waals surface area contributed by atoms with Crippen LogP contribution in [0.2, 0.25) is 0 Å². The van der Waals surface area contributed by atoms with E-state index in [1.54, 1.807) is 18.4 Å². The highest BCUT2D eigenvalue weighted by Crippen LogP contribution is 2.24. The van der Waals surface area contributed by atoms with E-state index in [0.717, 1.165) is 34.5 Å². The van der Waals surface area contributed by atoms with Crippen LogP contribution in [-0.4, -0.2) is 24.6 Å². The fourth-order valence-corrected chi connectivity index (χ4v) is 3.34. The molecule has 0 aliphatic heterocycles. The third-order valence-corrected chi connectivity index (χ3v) is 4.77. The Labute approximate surface area is 184 Å². The smallest absolute Gasteiger partial charge is 0.191 e. The second kappa shape index (κ2) is 10.8. The zero-order valence-electron chi connectivity index (χ0n) is 17.0. The number of rotatable bonds is 6. The molecule has 0 unspecified atom stereocenters. The summed E-state index contributed by atoms with van der Waals surface area (Å²) in [5.41, 5.74) is 3.46. The fraction of sp³-hybridized carbons (Fsp3) is 0.500. The van der Waals surface area contributed by atoms with Crippen LogP contribution in [0.4, 0.5) is 0 Å². The van der Waals surface area contributed by atoms with E-state index >= 15 is 0 Å². The Bertz CT molecular complexity index is 753. The van der Waals surface area contributed by atoms with E-state index in [1.165, 1.54) is 5.56 Å². The van der Waals surface area contributed by atoms with E-state index in [2.05, 4.69) is 67.8 Å². The predicted molar refractivity (Wildman–Crippen MR) is 126 cm³/mol. The van der Waals surface area contributed by atoms with Gasteiger partial charge in [-0.05, 0) is 25.5 Å². The molecular formula is C20H31IN4OS. The Morgan fingerprint density at radius 3 is 2.59 bits per heavy atom. The molecule has 0 saturated heterocycles. The molecule has 0 spiro atoms. The molecule has 0 aliphatic rings. The number of aromatic nitrogens is 1. The Balaban J connectivity index is 0.00000364. The van der Waals surface area contributed by atoms with Gasteiger partial charge in [-0.1, -0.05) is 32.9 Å².